The molecule has 154 valence electrons. The fourth-order valence-electron chi connectivity index (χ4n) is 2.69. The lowest BCUT2D eigenvalue weighted by Gasteiger charge is -2.18. The summed E-state index contributed by atoms with van der Waals surface area (Å²) >= 11 is 0. The second-order valence-electron chi connectivity index (χ2n) is 7.06. The van der Waals surface area contributed by atoms with E-state index in [1.165, 1.54) is 6.92 Å². The van der Waals surface area contributed by atoms with Gasteiger partial charge in [-0.1, -0.05) is 29.8 Å². The van der Waals surface area contributed by atoms with E-state index < -0.39 is 17.9 Å². The quantitative estimate of drug-likeness (QED) is 0.626. The van der Waals surface area contributed by atoms with Crippen LogP contribution in [-0.4, -0.2) is 23.8 Å². The van der Waals surface area contributed by atoms with Gasteiger partial charge >= 0.3 is 0 Å². The lowest BCUT2D eigenvalue weighted by Crippen LogP contribution is -2.43. The highest BCUT2D eigenvalue weighted by molar-refractivity contribution is 5.95. The van der Waals surface area contributed by atoms with Gasteiger partial charge in [0.25, 0.3) is 5.91 Å². The van der Waals surface area contributed by atoms with Gasteiger partial charge in [0.2, 0.25) is 11.8 Å². The van der Waals surface area contributed by atoms with Crippen LogP contribution in [0.5, 0.6) is 5.75 Å². The molecular weight excluding hydrogens is 370 g/mol. The first-order chi connectivity index (χ1) is 13.7. The van der Waals surface area contributed by atoms with Gasteiger partial charge in [-0.3, -0.25) is 25.2 Å². The highest BCUT2D eigenvalue weighted by Gasteiger charge is 2.17. The Hall–Kier alpha value is -3.35. The average molecular weight is 397 g/mol. The summed E-state index contributed by atoms with van der Waals surface area (Å²) in [6.07, 6.45) is 0.0310. The number of nitrogens with one attached hydrogen (secondary N) is 3. The van der Waals surface area contributed by atoms with Crippen molar-refractivity contribution in [1.29, 1.82) is 0 Å². The highest BCUT2D eigenvalue weighted by atomic mass is 16.5. The molecule has 2 rings (SSSR count). The second-order valence-corrected chi connectivity index (χ2v) is 7.06. The number of aryl methyl sites for hydroxylation is 1. The summed E-state index contributed by atoms with van der Waals surface area (Å²) in [7, 11) is 0. The van der Waals surface area contributed by atoms with Crippen molar-refractivity contribution in [1.82, 2.24) is 16.2 Å². The van der Waals surface area contributed by atoms with E-state index >= 15 is 0 Å². The van der Waals surface area contributed by atoms with E-state index in [-0.39, 0.29) is 18.4 Å². The van der Waals surface area contributed by atoms with Gasteiger partial charge in [-0.25, -0.2) is 0 Å². The third-order valence-corrected chi connectivity index (χ3v) is 4.05. The number of hydrazine groups is 1. The van der Waals surface area contributed by atoms with Gasteiger partial charge in [-0.15, -0.1) is 0 Å². The first-order valence-corrected chi connectivity index (χ1v) is 9.44. The Labute approximate surface area is 170 Å². The van der Waals surface area contributed by atoms with Crippen molar-refractivity contribution in [2.45, 2.75) is 46.3 Å². The zero-order valence-corrected chi connectivity index (χ0v) is 17.1. The highest BCUT2D eigenvalue weighted by Crippen LogP contribution is 2.17. The van der Waals surface area contributed by atoms with E-state index in [4.69, 9.17) is 4.74 Å². The lowest BCUT2D eigenvalue weighted by molar-refractivity contribution is -0.123. The predicted molar refractivity (Wildman–Crippen MR) is 110 cm³/mol. The maximum absolute atomic E-state index is 12.3. The van der Waals surface area contributed by atoms with Gasteiger partial charge in [0.15, 0.2) is 0 Å². The number of rotatable bonds is 7. The molecule has 1 atom stereocenters. The van der Waals surface area contributed by atoms with E-state index in [2.05, 4.69) is 16.2 Å². The van der Waals surface area contributed by atoms with Crippen LogP contribution in [0.25, 0.3) is 0 Å². The molecule has 3 amide bonds. The zero-order valence-electron chi connectivity index (χ0n) is 17.1. The molecule has 0 radical (unpaired) electrons. The summed E-state index contributed by atoms with van der Waals surface area (Å²) in [6, 6.07) is 13.7. The molecule has 29 heavy (non-hydrogen) atoms. The zero-order chi connectivity index (χ0) is 21.4. The number of amides is 3. The summed E-state index contributed by atoms with van der Waals surface area (Å²) in [5, 5.41) is 2.76. The SMILES string of the molecule is CC(=O)NC(CC(=O)NNC(=O)c1ccc(OC(C)C)cc1)c1ccc(C)cc1. The van der Waals surface area contributed by atoms with Crippen LogP contribution in [0, 0.1) is 6.92 Å². The molecule has 7 heteroatoms. The summed E-state index contributed by atoms with van der Waals surface area (Å²) < 4.78 is 5.54. The van der Waals surface area contributed by atoms with Gasteiger partial charge in [0.1, 0.15) is 5.75 Å². The Balaban J connectivity index is 1.93. The molecule has 3 N–H and O–H groups in total. The standard InChI is InChI=1S/C22H27N3O4/c1-14(2)29-19-11-9-18(10-12-19)22(28)25-24-21(27)13-20(23-16(4)26)17-7-5-15(3)6-8-17/h5-12,14,20H,13H2,1-4H3,(H,23,26)(H,24,27)(H,25,28). The van der Waals surface area contributed by atoms with Crippen LogP contribution >= 0.6 is 0 Å². The number of carbonyl (C=O) groups is 3. The number of hydrogen-bond donors (Lipinski definition) is 3. The molecule has 0 aromatic heterocycles. The van der Waals surface area contributed by atoms with E-state index in [0.717, 1.165) is 11.1 Å². The van der Waals surface area contributed by atoms with E-state index in [0.29, 0.717) is 11.3 Å². The van der Waals surface area contributed by atoms with Crippen molar-refractivity contribution in [3.05, 3.63) is 65.2 Å². The third-order valence-electron chi connectivity index (χ3n) is 4.05. The van der Waals surface area contributed by atoms with Crippen LogP contribution in [0.1, 0.15) is 54.7 Å². The number of carbonyl (C=O) groups excluding carboxylic acids is 3. The van der Waals surface area contributed by atoms with Gasteiger partial charge in [0.05, 0.1) is 18.6 Å². The first-order valence-electron chi connectivity index (χ1n) is 9.44. The van der Waals surface area contributed by atoms with Crippen molar-refractivity contribution in [3.63, 3.8) is 0 Å². The minimum Gasteiger partial charge on any atom is -0.491 e. The Morgan fingerprint density at radius 1 is 0.931 bits per heavy atom. The monoisotopic (exact) mass is 397 g/mol. The second kappa shape index (κ2) is 10.3. The van der Waals surface area contributed by atoms with Crippen LogP contribution < -0.4 is 20.9 Å². The van der Waals surface area contributed by atoms with E-state index in [1.807, 2.05) is 45.0 Å². The molecular formula is C22H27N3O4. The minimum atomic E-state index is -0.488. The molecule has 0 heterocycles. The molecule has 0 saturated heterocycles. The summed E-state index contributed by atoms with van der Waals surface area (Å²) in [5.74, 6) is -0.439. The summed E-state index contributed by atoms with van der Waals surface area (Å²) in [6.45, 7) is 7.19. The predicted octanol–water partition coefficient (Wildman–Crippen LogP) is 2.81. The maximum atomic E-state index is 12.3. The molecule has 2 aromatic carbocycles. The van der Waals surface area contributed by atoms with E-state index in [9.17, 15) is 14.4 Å². The van der Waals surface area contributed by atoms with Crippen molar-refractivity contribution in [2.24, 2.45) is 0 Å². The first kappa shape index (κ1) is 21.9. The minimum absolute atomic E-state index is 0.00983. The largest absolute Gasteiger partial charge is 0.491 e. The van der Waals surface area contributed by atoms with Crippen molar-refractivity contribution in [3.8, 4) is 5.75 Å². The molecule has 0 aliphatic heterocycles. The molecule has 0 aliphatic carbocycles. The van der Waals surface area contributed by atoms with Crippen molar-refractivity contribution < 1.29 is 19.1 Å². The topological polar surface area (TPSA) is 96.5 Å². The maximum Gasteiger partial charge on any atom is 0.269 e. The summed E-state index contributed by atoms with van der Waals surface area (Å²) in [5.41, 5.74) is 7.06. The number of ether oxygens (including phenoxy) is 1. The van der Waals surface area contributed by atoms with E-state index in [1.54, 1.807) is 24.3 Å². The molecule has 0 saturated carbocycles. The Morgan fingerprint density at radius 2 is 1.55 bits per heavy atom. The van der Waals surface area contributed by atoms with Crippen LogP contribution in [-0.2, 0) is 9.59 Å². The Bertz CT molecular complexity index is 845. The molecule has 0 aliphatic rings. The van der Waals surface area contributed by atoms with Gasteiger partial charge in [-0.05, 0) is 50.6 Å². The van der Waals surface area contributed by atoms with Crippen LogP contribution in [0.2, 0.25) is 0 Å². The number of hydrogen-bond acceptors (Lipinski definition) is 4. The van der Waals surface area contributed by atoms with Gasteiger partial charge in [-0.2, -0.15) is 0 Å². The van der Waals surface area contributed by atoms with Crippen molar-refractivity contribution >= 4 is 17.7 Å². The van der Waals surface area contributed by atoms with Gasteiger partial charge < -0.3 is 10.1 Å². The molecule has 0 bridgehead atoms. The van der Waals surface area contributed by atoms with Gasteiger partial charge in [0, 0.05) is 12.5 Å². The fraction of sp³-hybridized carbons (Fsp3) is 0.318. The van der Waals surface area contributed by atoms with Crippen LogP contribution in [0.15, 0.2) is 48.5 Å². The molecule has 0 spiro atoms. The molecule has 0 fully saturated rings. The average Bonchev–Trinajstić information content (AvgIpc) is 2.66. The third kappa shape index (κ3) is 7.29. The fourth-order valence-corrected chi connectivity index (χ4v) is 2.69. The molecule has 1 unspecified atom stereocenters. The molecule has 7 nitrogen and oxygen atoms in total. The van der Waals surface area contributed by atoms with Crippen molar-refractivity contribution in [2.75, 3.05) is 0 Å². The molecule has 2 aromatic rings. The normalized spacial score (nSPS) is 11.5. The Morgan fingerprint density at radius 3 is 2.10 bits per heavy atom. The number of benzene rings is 2. The smallest absolute Gasteiger partial charge is 0.269 e. The van der Waals surface area contributed by atoms with Crippen LogP contribution in [0.3, 0.4) is 0 Å². The summed E-state index contributed by atoms with van der Waals surface area (Å²) in [4.78, 5) is 36.0. The lowest BCUT2D eigenvalue weighted by atomic mass is 10.0. The Kier molecular flexibility index (Phi) is 7.77. The van der Waals surface area contributed by atoms with Crippen LogP contribution in [0.4, 0.5) is 0 Å².